The molecule has 2 heterocycles. The summed E-state index contributed by atoms with van der Waals surface area (Å²) >= 11 is 1.99. The molecule has 2 fully saturated rings. The minimum Gasteiger partial charge on any atom is -0.355 e. The Hall–Kier alpha value is -0.220. The highest BCUT2D eigenvalue weighted by molar-refractivity contribution is 8.00. The largest absolute Gasteiger partial charge is 0.355 e. The van der Waals surface area contributed by atoms with Crippen LogP contribution in [-0.4, -0.2) is 36.5 Å². The van der Waals surface area contributed by atoms with E-state index in [2.05, 4.69) is 10.6 Å². The Bertz CT molecular complexity index is 188. The molecule has 2 aliphatic rings. The molecule has 0 spiro atoms. The van der Waals surface area contributed by atoms with Gasteiger partial charge in [0.05, 0.1) is 5.92 Å². The standard InChI is InChI=1S/C9H16N2OS/c12-9(7-4-10-5-7)11-6-8-2-1-3-13-8/h7-8,10H,1-6H2,(H,11,12). The molecule has 2 N–H and O–H groups in total. The Labute approximate surface area is 83.0 Å². The first-order chi connectivity index (χ1) is 6.36. The van der Waals surface area contributed by atoms with E-state index >= 15 is 0 Å². The van der Waals surface area contributed by atoms with Crippen LogP contribution >= 0.6 is 11.8 Å². The Morgan fingerprint density at radius 1 is 1.54 bits per heavy atom. The number of hydrogen-bond acceptors (Lipinski definition) is 3. The van der Waals surface area contributed by atoms with E-state index in [0.717, 1.165) is 19.6 Å². The fourth-order valence-corrected chi connectivity index (χ4v) is 2.84. The van der Waals surface area contributed by atoms with Crippen molar-refractivity contribution in [3.8, 4) is 0 Å². The molecule has 0 saturated carbocycles. The van der Waals surface area contributed by atoms with Crippen LogP contribution in [-0.2, 0) is 4.79 Å². The zero-order chi connectivity index (χ0) is 9.10. The Kier molecular flexibility index (Phi) is 3.11. The van der Waals surface area contributed by atoms with Gasteiger partial charge in [0, 0.05) is 24.9 Å². The molecular weight excluding hydrogens is 184 g/mol. The van der Waals surface area contributed by atoms with Crippen molar-refractivity contribution in [1.82, 2.24) is 10.6 Å². The maximum atomic E-state index is 11.4. The second kappa shape index (κ2) is 4.33. The van der Waals surface area contributed by atoms with E-state index in [9.17, 15) is 4.79 Å². The van der Waals surface area contributed by atoms with Crippen molar-refractivity contribution in [3.63, 3.8) is 0 Å². The summed E-state index contributed by atoms with van der Waals surface area (Å²) in [6.45, 7) is 2.60. The molecule has 74 valence electrons. The molecule has 0 aromatic carbocycles. The molecular formula is C9H16N2OS. The Balaban J connectivity index is 1.63. The van der Waals surface area contributed by atoms with Gasteiger partial charge in [-0.05, 0) is 18.6 Å². The summed E-state index contributed by atoms with van der Waals surface area (Å²) in [5.74, 6) is 1.75. The number of carbonyl (C=O) groups excluding carboxylic acids is 1. The first-order valence-corrected chi connectivity index (χ1v) is 6.01. The van der Waals surface area contributed by atoms with Gasteiger partial charge in [-0.25, -0.2) is 0 Å². The highest BCUT2D eigenvalue weighted by Crippen LogP contribution is 2.25. The van der Waals surface area contributed by atoms with Crippen LogP contribution < -0.4 is 10.6 Å². The summed E-state index contributed by atoms with van der Waals surface area (Å²) in [4.78, 5) is 11.4. The lowest BCUT2D eigenvalue weighted by molar-refractivity contribution is -0.126. The number of amides is 1. The first-order valence-electron chi connectivity index (χ1n) is 4.96. The smallest absolute Gasteiger partial charge is 0.225 e. The molecule has 1 atom stereocenters. The summed E-state index contributed by atoms with van der Waals surface area (Å²) in [6.07, 6.45) is 2.59. The number of rotatable bonds is 3. The Morgan fingerprint density at radius 3 is 2.92 bits per heavy atom. The first kappa shape index (κ1) is 9.34. The second-order valence-electron chi connectivity index (χ2n) is 3.74. The topological polar surface area (TPSA) is 41.1 Å². The van der Waals surface area contributed by atoms with E-state index < -0.39 is 0 Å². The third-order valence-corrected chi connectivity index (χ3v) is 4.08. The fourth-order valence-electron chi connectivity index (χ4n) is 1.64. The molecule has 3 nitrogen and oxygen atoms in total. The molecule has 2 aliphatic heterocycles. The molecule has 4 heteroatoms. The number of nitrogens with one attached hydrogen (secondary N) is 2. The van der Waals surface area contributed by atoms with Gasteiger partial charge in [0.1, 0.15) is 0 Å². The van der Waals surface area contributed by atoms with Gasteiger partial charge in [0.2, 0.25) is 5.91 Å². The lowest BCUT2D eigenvalue weighted by atomic mass is 10.0. The van der Waals surface area contributed by atoms with Gasteiger partial charge in [-0.3, -0.25) is 4.79 Å². The van der Waals surface area contributed by atoms with E-state index in [0.29, 0.717) is 5.25 Å². The van der Waals surface area contributed by atoms with Crippen molar-refractivity contribution in [2.75, 3.05) is 25.4 Å². The van der Waals surface area contributed by atoms with Gasteiger partial charge < -0.3 is 10.6 Å². The average Bonchev–Trinajstić information content (AvgIpc) is 2.49. The van der Waals surface area contributed by atoms with Crippen LogP contribution in [0.25, 0.3) is 0 Å². The Morgan fingerprint density at radius 2 is 2.38 bits per heavy atom. The van der Waals surface area contributed by atoms with Gasteiger partial charge in [-0.2, -0.15) is 11.8 Å². The monoisotopic (exact) mass is 200 g/mol. The van der Waals surface area contributed by atoms with Crippen molar-refractivity contribution in [2.24, 2.45) is 5.92 Å². The van der Waals surface area contributed by atoms with Crippen LogP contribution in [0, 0.1) is 5.92 Å². The minimum absolute atomic E-state index is 0.242. The lowest BCUT2D eigenvalue weighted by Gasteiger charge is -2.26. The van der Waals surface area contributed by atoms with Crippen molar-refractivity contribution < 1.29 is 4.79 Å². The zero-order valence-electron chi connectivity index (χ0n) is 7.71. The van der Waals surface area contributed by atoms with E-state index in [1.807, 2.05) is 11.8 Å². The fraction of sp³-hybridized carbons (Fsp3) is 0.889. The number of carbonyl (C=O) groups is 1. The molecule has 1 unspecified atom stereocenters. The molecule has 0 radical (unpaired) electrons. The van der Waals surface area contributed by atoms with E-state index in [4.69, 9.17) is 0 Å². The van der Waals surface area contributed by atoms with Gasteiger partial charge in [0.25, 0.3) is 0 Å². The van der Waals surface area contributed by atoms with Crippen LogP contribution in [0.15, 0.2) is 0 Å². The maximum Gasteiger partial charge on any atom is 0.225 e. The number of hydrogen-bond donors (Lipinski definition) is 2. The van der Waals surface area contributed by atoms with Gasteiger partial charge in [-0.1, -0.05) is 0 Å². The average molecular weight is 200 g/mol. The molecule has 0 aromatic heterocycles. The summed E-state index contributed by atoms with van der Waals surface area (Å²) in [6, 6.07) is 0. The summed E-state index contributed by atoms with van der Waals surface area (Å²) in [7, 11) is 0. The predicted molar refractivity (Wildman–Crippen MR) is 54.8 cm³/mol. The van der Waals surface area contributed by atoms with Crippen LogP contribution in [0.1, 0.15) is 12.8 Å². The van der Waals surface area contributed by atoms with Crippen molar-refractivity contribution in [3.05, 3.63) is 0 Å². The predicted octanol–water partition coefficient (Wildman–Crippen LogP) is 0.218. The molecule has 2 rings (SSSR count). The van der Waals surface area contributed by atoms with Crippen molar-refractivity contribution in [2.45, 2.75) is 18.1 Å². The molecule has 1 amide bonds. The quantitative estimate of drug-likeness (QED) is 0.684. The lowest BCUT2D eigenvalue weighted by Crippen LogP contribution is -2.51. The van der Waals surface area contributed by atoms with Gasteiger partial charge >= 0.3 is 0 Å². The van der Waals surface area contributed by atoms with Crippen LogP contribution in [0.5, 0.6) is 0 Å². The second-order valence-corrected chi connectivity index (χ2v) is 5.14. The SMILES string of the molecule is O=C(NCC1CCCS1)C1CNC1. The van der Waals surface area contributed by atoms with E-state index in [1.54, 1.807) is 0 Å². The highest BCUT2D eigenvalue weighted by Gasteiger charge is 2.25. The normalized spacial score (nSPS) is 28.5. The number of thioether (sulfide) groups is 1. The van der Waals surface area contributed by atoms with Crippen molar-refractivity contribution >= 4 is 17.7 Å². The maximum absolute atomic E-state index is 11.4. The summed E-state index contributed by atoms with van der Waals surface area (Å²) < 4.78 is 0. The molecule has 0 aromatic rings. The minimum atomic E-state index is 0.242. The molecule has 2 saturated heterocycles. The van der Waals surface area contributed by atoms with Gasteiger partial charge in [0.15, 0.2) is 0 Å². The van der Waals surface area contributed by atoms with Crippen molar-refractivity contribution in [1.29, 1.82) is 0 Å². The third kappa shape index (κ3) is 2.38. The molecule has 13 heavy (non-hydrogen) atoms. The highest BCUT2D eigenvalue weighted by atomic mass is 32.2. The van der Waals surface area contributed by atoms with Crippen LogP contribution in [0.3, 0.4) is 0 Å². The zero-order valence-corrected chi connectivity index (χ0v) is 8.53. The third-order valence-electron chi connectivity index (χ3n) is 2.68. The summed E-state index contributed by atoms with van der Waals surface area (Å²) in [5, 5.41) is 6.81. The van der Waals surface area contributed by atoms with Crippen LogP contribution in [0.4, 0.5) is 0 Å². The van der Waals surface area contributed by atoms with E-state index in [1.165, 1.54) is 18.6 Å². The van der Waals surface area contributed by atoms with Gasteiger partial charge in [-0.15, -0.1) is 0 Å². The van der Waals surface area contributed by atoms with E-state index in [-0.39, 0.29) is 11.8 Å². The molecule has 0 bridgehead atoms. The van der Waals surface area contributed by atoms with Crippen LogP contribution in [0.2, 0.25) is 0 Å². The molecule has 0 aliphatic carbocycles. The summed E-state index contributed by atoms with van der Waals surface area (Å²) in [5.41, 5.74) is 0.